The minimum atomic E-state index is -0.240. The maximum atomic E-state index is 12.2. The average molecular weight is 323 g/mol. The van der Waals surface area contributed by atoms with Crippen molar-refractivity contribution < 1.29 is 9.59 Å². The van der Waals surface area contributed by atoms with E-state index in [1.54, 1.807) is 11.3 Å². The van der Waals surface area contributed by atoms with E-state index in [2.05, 4.69) is 29.6 Å². The number of hydrogen-bond acceptors (Lipinski definition) is 4. The number of carbonyl (C=O) groups excluding carboxylic acids is 2. The summed E-state index contributed by atoms with van der Waals surface area (Å²) in [5.41, 5.74) is 0. The molecule has 6 heteroatoms. The summed E-state index contributed by atoms with van der Waals surface area (Å²) in [7, 11) is 4.11. The Balaban J connectivity index is 1.86. The largest absolute Gasteiger partial charge is 0.354 e. The van der Waals surface area contributed by atoms with Gasteiger partial charge in [0.15, 0.2) is 0 Å². The van der Waals surface area contributed by atoms with E-state index in [4.69, 9.17) is 0 Å². The molecule has 1 aliphatic rings. The smallest absolute Gasteiger partial charge is 0.222 e. The SMILES string of the molecule is CC(=O)N[C@H](CC(=O)NC[C@H](C1CC1)N(C)C)c1cccs1. The van der Waals surface area contributed by atoms with Gasteiger partial charge in [0.25, 0.3) is 0 Å². The molecule has 0 spiro atoms. The van der Waals surface area contributed by atoms with Gasteiger partial charge in [-0.15, -0.1) is 11.3 Å². The molecule has 1 fully saturated rings. The molecule has 2 amide bonds. The van der Waals surface area contributed by atoms with Gasteiger partial charge >= 0.3 is 0 Å². The van der Waals surface area contributed by atoms with Crippen LogP contribution in [0.25, 0.3) is 0 Å². The predicted octanol–water partition coefficient (Wildman–Crippen LogP) is 1.77. The van der Waals surface area contributed by atoms with Gasteiger partial charge in [0.05, 0.1) is 12.5 Å². The van der Waals surface area contributed by atoms with Crippen LogP contribution in [0.15, 0.2) is 17.5 Å². The van der Waals surface area contributed by atoms with Gasteiger partial charge in [-0.25, -0.2) is 0 Å². The van der Waals surface area contributed by atoms with Gasteiger partial charge in [-0.2, -0.15) is 0 Å². The van der Waals surface area contributed by atoms with Crippen molar-refractivity contribution in [3.63, 3.8) is 0 Å². The zero-order chi connectivity index (χ0) is 16.1. The maximum absolute atomic E-state index is 12.2. The quantitative estimate of drug-likeness (QED) is 0.766. The molecule has 2 rings (SSSR count). The third-order valence-electron chi connectivity index (χ3n) is 3.99. The Morgan fingerprint density at radius 2 is 2.14 bits per heavy atom. The summed E-state index contributed by atoms with van der Waals surface area (Å²) in [4.78, 5) is 26.8. The number of amides is 2. The Labute approximate surface area is 136 Å². The lowest BCUT2D eigenvalue weighted by Crippen LogP contribution is -2.42. The van der Waals surface area contributed by atoms with E-state index in [0.29, 0.717) is 18.5 Å². The van der Waals surface area contributed by atoms with Crippen LogP contribution in [0, 0.1) is 5.92 Å². The van der Waals surface area contributed by atoms with Gasteiger partial charge in [-0.1, -0.05) is 6.07 Å². The van der Waals surface area contributed by atoms with Crippen LogP contribution in [0.4, 0.5) is 0 Å². The molecule has 122 valence electrons. The van der Waals surface area contributed by atoms with Gasteiger partial charge < -0.3 is 15.5 Å². The third-order valence-corrected chi connectivity index (χ3v) is 4.98. The van der Waals surface area contributed by atoms with Crippen molar-refractivity contribution in [2.24, 2.45) is 5.92 Å². The molecular weight excluding hydrogens is 298 g/mol. The highest BCUT2D eigenvalue weighted by molar-refractivity contribution is 7.10. The molecule has 0 saturated heterocycles. The Morgan fingerprint density at radius 1 is 1.41 bits per heavy atom. The third kappa shape index (κ3) is 5.10. The summed E-state index contributed by atoms with van der Waals surface area (Å²) in [6.45, 7) is 2.15. The van der Waals surface area contributed by atoms with Crippen LogP contribution >= 0.6 is 11.3 Å². The fourth-order valence-corrected chi connectivity index (χ4v) is 3.46. The first-order chi connectivity index (χ1) is 10.5. The molecule has 0 bridgehead atoms. The molecule has 1 aliphatic carbocycles. The Bertz CT molecular complexity index is 495. The molecule has 1 aromatic rings. The van der Waals surface area contributed by atoms with E-state index in [1.807, 2.05) is 17.5 Å². The van der Waals surface area contributed by atoms with Crippen molar-refractivity contribution in [1.29, 1.82) is 0 Å². The lowest BCUT2D eigenvalue weighted by Gasteiger charge is -2.25. The van der Waals surface area contributed by atoms with E-state index in [0.717, 1.165) is 4.88 Å². The number of nitrogens with zero attached hydrogens (tertiary/aromatic N) is 1. The summed E-state index contributed by atoms with van der Waals surface area (Å²) in [6.07, 6.45) is 2.79. The molecule has 2 N–H and O–H groups in total. The predicted molar refractivity (Wildman–Crippen MR) is 88.7 cm³/mol. The van der Waals surface area contributed by atoms with Crippen LogP contribution in [0.3, 0.4) is 0 Å². The van der Waals surface area contributed by atoms with Crippen molar-refractivity contribution in [3.8, 4) is 0 Å². The molecule has 1 heterocycles. The Morgan fingerprint density at radius 3 is 2.64 bits per heavy atom. The summed E-state index contributed by atoms with van der Waals surface area (Å²) in [5.74, 6) is 0.578. The van der Waals surface area contributed by atoms with Gasteiger partial charge in [-0.3, -0.25) is 9.59 Å². The maximum Gasteiger partial charge on any atom is 0.222 e. The monoisotopic (exact) mass is 323 g/mol. The number of carbonyl (C=O) groups is 2. The van der Waals surface area contributed by atoms with Crippen LogP contribution in [0.5, 0.6) is 0 Å². The first kappa shape index (κ1) is 17.0. The molecule has 0 radical (unpaired) electrons. The van der Waals surface area contributed by atoms with Crippen LogP contribution in [0.1, 0.15) is 37.1 Å². The topological polar surface area (TPSA) is 61.4 Å². The second-order valence-corrected chi connectivity index (χ2v) is 7.12. The van der Waals surface area contributed by atoms with Gasteiger partial charge in [-0.05, 0) is 44.3 Å². The van der Waals surface area contributed by atoms with Crippen molar-refractivity contribution in [2.75, 3.05) is 20.6 Å². The highest BCUT2D eigenvalue weighted by Crippen LogP contribution is 2.34. The second-order valence-electron chi connectivity index (χ2n) is 6.15. The highest BCUT2D eigenvalue weighted by atomic mass is 32.1. The molecule has 0 unspecified atom stereocenters. The zero-order valence-electron chi connectivity index (χ0n) is 13.5. The van der Waals surface area contributed by atoms with Gasteiger partial charge in [0.2, 0.25) is 11.8 Å². The van der Waals surface area contributed by atoms with E-state index in [-0.39, 0.29) is 24.3 Å². The summed E-state index contributed by atoms with van der Waals surface area (Å²) >= 11 is 1.56. The standard InChI is InChI=1S/C16H25N3O2S/c1-11(20)18-13(15-5-4-8-22-15)9-16(21)17-10-14(19(2)3)12-6-7-12/h4-5,8,12-14H,6-7,9-10H2,1-3H3,(H,17,21)(H,18,20)/t13-,14-/m1/s1. The molecule has 2 atom stereocenters. The van der Waals surface area contributed by atoms with E-state index >= 15 is 0 Å². The van der Waals surface area contributed by atoms with Crippen molar-refractivity contribution in [1.82, 2.24) is 15.5 Å². The van der Waals surface area contributed by atoms with Crippen LogP contribution in [-0.2, 0) is 9.59 Å². The highest BCUT2D eigenvalue weighted by Gasteiger charge is 2.32. The number of nitrogens with one attached hydrogen (secondary N) is 2. The van der Waals surface area contributed by atoms with Gasteiger partial charge in [0, 0.05) is 24.4 Å². The molecule has 22 heavy (non-hydrogen) atoms. The minimum absolute atomic E-state index is 0.0142. The van der Waals surface area contributed by atoms with Crippen molar-refractivity contribution in [3.05, 3.63) is 22.4 Å². The summed E-state index contributed by atoms with van der Waals surface area (Å²) < 4.78 is 0. The first-order valence-electron chi connectivity index (χ1n) is 7.71. The first-order valence-corrected chi connectivity index (χ1v) is 8.59. The Kier molecular flexibility index (Phi) is 5.97. The second kappa shape index (κ2) is 7.74. The zero-order valence-corrected chi connectivity index (χ0v) is 14.3. The lowest BCUT2D eigenvalue weighted by molar-refractivity contribution is -0.122. The minimum Gasteiger partial charge on any atom is -0.354 e. The number of thiophene rings is 1. The van der Waals surface area contributed by atoms with Crippen molar-refractivity contribution in [2.45, 2.75) is 38.3 Å². The Hall–Kier alpha value is -1.40. The molecule has 0 aliphatic heterocycles. The fourth-order valence-electron chi connectivity index (χ4n) is 2.69. The summed E-state index contributed by atoms with van der Waals surface area (Å²) in [6, 6.07) is 4.05. The van der Waals surface area contributed by atoms with E-state index < -0.39 is 0 Å². The molecule has 0 aromatic carbocycles. The number of likely N-dealkylation sites (N-methyl/N-ethyl adjacent to an activating group) is 1. The molecule has 1 saturated carbocycles. The lowest BCUT2D eigenvalue weighted by atomic mass is 10.1. The molecule has 1 aromatic heterocycles. The van der Waals surface area contributed by atoms with Crippen LogP contribution in [-0.4, -0.2) is 43.4 Å². The average Bonchev–Trinajstić information content (AvgIpc) is 3.11. The number of hydrogen-bond donors (Lipinski definition) is 2. The summed E-state index contributed by atoms with van der Waals surface area (Å²) in [5, 5.41) is 7.84. The van der Waals surface area contributed by atoms with Crippen LogP contribution < -0.4 is 10.6 Å². The van der Waals surface area contributed by atoms with Crippen molar-refractivity contribution >= 4 is 23.2 Å². The van der Waals surface area contributed by atoms with E-state index in [1.165, 1.54) is 19.8 Å². The fraction of sp³-hybridized carbons (Fsp3) is 0.625. The normalized spacial score (nSPS) is 17.1. The van der Waals surface area contributed by atoms with Gasteiger partial charge in [0.1, 0.15) is 0 Å². The molecule has 5 nitrogen and oxygen atoms in total. The number of rotatable bonds is 8. The van der Waals surface area contributed by atoms with E-state index in [9.17, 15) is 9.59 Å². The molecular formula is C16H25N3O2S. The van der Waals surface area contributed by atoms with Crippen LogP contribution in [0.2, 0.25) is 0 Å².